The minimum absolute atomic E-state index is 0.0393. The third-order valence-corrected chi connectivity index (χ3v) is 6.15. The number of piperidine rings is 1. The Labute approximate surface area is 163 Å². The topological polar surface area (TPSA) is 95.2 Å². The van der Waals surface area contributed by atoms with Crippen LogP contribution in [-0.2, 0) is 4.79 Å². The number of fused-ring (bicyclic) bond motifs is 2. The van der Waals surface area contributed by atoms with Crippen LogP contribution in [0.3, 0.4) is 0 Å². The molecule has 5 rings (SSSR count). The van der Waals surface area contributed by atoms with Gasteiger partial charge in [-0.2, -0.15) is 0 Å². The first-order chi connectivity index (χ1) is 13.7. The maximum atomic E-state index is 13.0. The molecule has 9 nitrogen and oxygen atoms in total. The first kappa shape index (κ1) is 17.7. The van der Waals surface area contributed by atoms with Crippen LogP contribution in [0, 0.1) is 5.92 Å². The fraction of sp³-hybridized carbons (Fsp3) is 0.579. The quantitative estimate of drug-likeness (QED) is 0.609. The number of benzene rings is 1. The molecule has 3 fully saturated rings. The summed E-state index contributed by atoms with van der Waals surface area (Å²) in [5, 5.41) is 3.38. The van der Waals surface area contributed by atoms with Crippen molar-refractivity contribution in [1.29, 1.82) is 0 Å². The highest BCUT2D eigenvalue weighted by molar-refractivity contribution is 5.95. The molecule has 1 aromatic carbocycles. The number of carbonyl (C=O) groups excluding carboxylic acids is 2. The zero-order valence-corrected chi connectivity index (χ0v) is 15.6. The molecular weight excluding hydrogens is 362 g/mol. The van der Waals surface area contributed by atoms with Crippen molar-refractivity contribution in [2.24, 2.45) is 5.92 Å². The highest BCUT2D eigenvalue weighted by atomic mass is 16.7. The van der Waals surface area contributed by atoms with E-state index in [1.807, 2.05) is 4.90 Å². The number of amides is 2. The fourth-order valence-electron chi connectivity index (χ4n) is 4.50. The Kier molecular flexibility index (Phi) is 4.58. The number of nitrogens with zero attached hydrogens (tertiary/aromatic N) is 2. The number of rotatable bonds is 2. The Morgan fingerprint density at radius 3 is 2.64 bits per heavy atom. The molecule has 28 heavy (non-hydrogen) atoms. The highest BCUT2D eigenvalue weighted by Gasteiger charge is 2.43. The van der Waals surface area contributed by atoms with Gasteiger partial charge in [-0.1, -0.05) is 0 Å². The van der Waals surface area contributed by atoms with E-state index >= 15 is 0 Å². The van der Waals surface area contributed by atoms with Gasteiger partial charge >= 0.3 is 0 Å². The minimum Gasteiger partial charge on any atom is -0.454 e. The number of hydrogen-bond donors (Lipinski definition) is 3. The molecule has 4 aliphatic heterocycles. The van der Waals surface area contributed by atoms with Crippen molar-refractivity contribution in [3.05, 3.63) is 23.8 Å². The SMILES string of the molecule is O=C(c1ccc2c(c1)OCO2)N1CCN(C(=O)C2NNC3CCNCC32)CC1. The van der Waals surface area contributed by atoms with Gasteiger partial charge in [-0.3, -0.25) is 15.0 Å². The predicted molar refractivity (Wildman–Crippen MR) is 99.9 cm³/mol. The monoisotopic (exact) mass is 387 g/mol. The van der Waals surface area contributed by atoms with Gasteiger partial charge in [0.25, 0.3) is 5.91 Å². The molecule has 2 amide bonds. The number of nitrogens with one attached hydrogen (secondary N) is 3. The van der Waals surface area contributed by atoms with E-state index in [0.29, 0.717) is 49.3 Å². The fourth-order valence-corrected chi connectivity index (χ4v) is 4.50. The van der Waals surface area contributed by atoms with Crippen LogP contribution in [0.25, 0.3) is 0 Å². The van der Waals surface area contributed by atoms with Gasteiger partial charge in [0.1, 0.15) is 6.04 Å². The molecule has 0 saturated carbocycles. The maximum Gasteiger partial charge on any atom is 0.254 e. The summed E-state index contributed by atoms with van der Waals surface area (Å²) < 4.78 is 10.7. The normalized spacial score (nSPS) is 28.9. The summed E-state index contributed by atoms with van der Waals surface area (Å²) >= 11 is 0. The average Bonchev–Trinajstić information content (AvgIpc) is 3.39. The summed E-state index contributed by atoms with van der Waals surface area (Å²) in [6, 6.07) is 5.41. The first-order valence-electron chi connectivity index (χ1n) is 9.90. The molecule has 3 saturated heterocycles. The van der Waals surface area contributed by atoms with Crippen molar-refractivity contribution < 1.29 is 19.1 Å². The average molecular weight is 387 g/mol. The summed E-state index contributed by atoms with van der Waals surface area (Å²) in [5.41, 5.74) is 7.05. The Morgan fingerprint density at radius 1 is 1.00 bits per heavy atom. The number of carbonyl (C=O) groups is 2. The zero-order chi connectivity index (χ0) is 19.1. The van der Waals surface area contributed by atoms with Crippen molar-refractivity contribution in [3.8, 4) is 11.5 Å². The largest absolute Gasteiger partial charge is 0.454 e. The van der Waals surface area contributed by atoms with Gasteiger partial charge in [0.15, 0.2) is 11.5 Å². The van der Waals surface area contributed by atoms with E-state index in [-0.39, 0.29) is 30.6 Å². The van der Waals surface area contributed by atoms with Crippen LogP contribution in [0.2, 0.25) is 0 Å². The summed E-state index contributed by atoms with van der Waals surface area (Å²) in [6.07, 6.45) is 1.03. The van der Waals surface area contributed by atoms with Gasteiger partial charge in [0.2, 0.25) is 12.7 Å². The van der Waals surface area contributed by atoms with E-state index in [4.69, 9.17) is 9.47 Å². The van der Waals surface area contributed by atoms with Gasteiger partial charge in [-0.05, 0) is 31.2 Å². The van der Waals surface area contributed by atoms with Gasteiger partial charge < -0.3 is 24.6 Å². The van der Waals surface area contributed by atoms with Crippen molar-refractivity contribution in [3.63, 3.8) is 0 Å². The summed E-state index contributed by atoms with van der Waals surface area (Å²) in [5.74, 6) is 1.63. The Bertz CT molecular complexity index is 780. The summed E-state index contributed by atoms with van der Waals surface area (Å²) in [7, 11) is 0. The van der Waals surface area contributed by atoms with Gasteiger partial charge in [0.05, 0.1) is 0 Å². The molecule has 150 valence electrons. The van der Waals surface area contributed by atoms with Crippen LogP contribution in [0.4, 0.5) is 0 Å². The van der Waals surface area contributed by atoms with E-state index in [9.17, 15) is 9.59 Å². The predicted octanol–water partition coefficient (Wildman–Crippen LogP) is -0.846. The van der Waals surface area contributed by atoms with Crippen molar-refractivity contribution in [2.45, 2.75) is 18.5 Å². The molecule has 0 aliphatic carbocycles. The molecule has 0 radical (unpaired) electrons. The van der Waals surface area contributed by atoms with E-state index in [1.165, 1.54) is 0 Å². The lowest BCUT2D eigenvalue weighted by atomic mass is 9.89. The van der Waals surface area contributed by atoms with Gasteiger partial charge in [0, 0.05) is 50.2 Å². The number of ether oxygens (including phenoxy) is 2. The third kappa shape index (κ3) is 3.09. The van der Waals surface area contributed by atoms with Crippen LogP contribution in [0.5, 0.6) is 11.5 Å². The van der Waals surface area contributed by atoms with Crippen LogP contribution in [0.1, 0.15) is 16.8 Å². The van der Waals surface area contributed by atoms with Crippen molar-refractivity contribution in [2.75, 3.05) is 46.1 Å². The molecule has 4 aliphatic rings. The standard InChI is InChI=1S/C19H25N5O4/c25-18(12-1-2-15-16(9-12)28-11-27-15)23-5-7-24(8-6-23)19(26)17-13-10-20-4-3-14(13)21-22-17/h1-2,9,13-14,17,20-22H,3-8,10-11H2. The summed E-state index contributed by atoms with van der Waals surface area (Å²) in [6.45, 7) is 4.20. The maximum absolute atomic E-state index is 13.0. The second kappa shape index (κ2) is 7.23. The number of hydrogen-bond acceptors (Lipinski definition) is 7. The Balaban J connectivity index is 1.19. The van der Waals surface area contributed by atoms with Gasteiger partial charge in [-0.15, -0.1) is 0 Å². The second-order valence-electron chi connectivity index (χ2n) is 7.72. The molecule has 3 unspecified atom stereocenters. The molecule has 1 aromatic rings. The molecule has 0 spiro atoms. The summed E-state index contributed by atoms with van der Waals surface area (Å²) in [4.78, 5) is 29.5. The third-order valence-electron chi connectivity index (χ3n) is 6.15. The highest BCUT2D eigenvalue weighted by Crippen LogP contribution is 2.33. The lowest BCUT2D eigenvalue weighted by molar-refractivity contribution is -0.135. The van der Waals surface area contributed by atoms with E-state index in [0.717, 1.165) is 19.5 Å². The first-order valence-corrected chi connectivity index (χ1v) is 9.90. The number of hydrazine groups is 1. The smallest absolute Gasteiger partial charge is 0.254 e. The molecule has 4 heterocycles. The molecule has 0 bridgehead atoms. The molecule has 0 aromatic heterocycles. The van der Waals surface area contributed by atoms with Crippen molar-refractivity contribution in [1.82, 2.24) is 26.0 Å². The lowest BCUT2D eigenvalue weighted by Crippen LogP contribution is -2.56. The minimum atomic E-state index is -0.200. The van der Waals surface area contributed by atoms with Crippen LogP contribution in [0.15, 0.2) is 18.2 Å². The van der Waals surface area contributed by atoms with E-state index in [1.54, 1.807) is 23.1 Å². The van der Waals surface area contributed by atoms with Crippen molar-refractivity contribution >= 4 is 11.8 Å². The molecular formula is C19H25N5O4. The second-order valence-corrected chi connectivity index (χ2v) is 7.72. The van der Waals surface area contributed by atoms with Crippen LogP contribution < -0.4 is 25.6 Å². The zero-order valence-electron chi connectivity index (χ0n) is 15.6. The molecule has 3 atom stereocenters. The lowest BCUT2D eigenvalue weighted by Gasteiger charge is -2.37. The number of piperazine rings is 1. The molecule has 3 N–H and O–H groups in total. The Morgan fingerprint density at radius 2 is 1.79 bits per heavy atom. The molecule has 9 heteroatoms. The van der Waals surface area contributed by atoms with E-state index < -0.39 is 0 Å². The van der Waals surface area contributed by atoms with Gasteiger partial charge in [-0.25, -0.2) is 5.43 Å². The van der Waals surface area contributed by atoms with E-state index in [2.05, 4.69) is 16.2 Å². The van der Waals surface area contributed by atoms with Crippen LogP contribution >= 0.6 is 0 Å². The Hall–Kier alpha value is -2.36. The van der Waals surface area contributed by atoms with Crippen LogP contribution in [-0.4, -0.2) is 79.8 Å².